The van der Waals surface area contributed by atoms with Crippen molar-refractivity contribution in [2.45, 2.75) is 25.2 Å². The predicted octanol–water partition coefficient (Wildman–Crippen LogP) is 5.14. The molecule has 6 heteroatoms. The summed E-state index contributed by atoms with van der Waals surface area (Å²) < 4.78 is 28.0. The predicted molar refractivity (Wildman–Crippen MR) is 115 cm³/mol. The molecular weight excluding hydrogens is 388 g/mol. The van der Waals surface area contributed by atoms with Gasteiger partial charge in [-0.1, -0.05) is 56.3 Å². The van der Waals surface area contributed by atoms with Crippen LogP contribution in [0.1, 0.15) is 20.3 Å². The number of rotatable bonds is 4. The van der Waals surface area contributed by atoms with Crippen molar-refractivity contribution in [2.24, 2.45) is 11.8 Å². The van der Waals surface area contributed by atoms with E-state index in [1.54, 1.807) is 33.8 Å². The number of hydrogen-bond acceptors (Lipinski definition) is 4. The summed E-state index contributed by atoms with van der Waals surface area (Å²) in [6, 6.07) is 17.2. The smallest absolute Gasteiger partial charge is 0.236 e. The molecule has 1 saturated heterocycles. The standard InChI is InChI=1S/C22H24N2O2S2/c1-16-11-17(2)14-24(13-16)28(25,26)20-10-6-9-19(12-20)21-15-27-22(23-21)18-7-4-3-5-8-18/h3-10,12,15-17H,11,13-14H2,1-2H3. The summed E-state index contributed by atoms with van der Waals surface area (Å²) in [5.74, 6) is 0.766. The van der Waals surface area contributed by atoms with Crippen LogP contribution in [0.5, 0.6) is 0 Å². The van der Waals surface area contributed by atoms with E-state index in [4.69, 9.17) is 4.98 Å². The van der Waals surface area contributed by atoms with Gasteiger partial charge in [-0.25, -0.2) is 13.4 Å². The average Bonchev–Trinajstić information content (AvgIpc) is 3.18. The minimum atomic E-state index is -3.49. The topological polar surface area (TPSA) is 50.3 Å². The van der Waals surface area contributed by atoms with E-state index < -0.39 is 10.0 Å². The minimum absolute atomic E-state index is 0.348. The fourth-order valence-electron chi connectivity index (χ4n) is 3.89. The SMILES string of the molecule is CC1CC(C)CN(S(=O)(=O)c2cccc(-c3csc(-c4ccccc4)n3)c2)C1. The molecule has 0 aliphatic carbocycles. The lowest BCUT2D eigenvalue weighted by atomic mass is 9.94. The number of nitrogens with zero attached hydrogens (tertiary/aromatic N) is 2. The number of hydrogen-bond donors (Lipinski definition) is 0. The molecule has 0 spiro atoms. The lowest BCUT2D eigenvalue weighted by molar-refractivity contribution is 0.222. The van der Waals surface area contributed by atoms with Gasteiger partial charge in [-0.3, -0.25) is 0 Å². The summed E-state index contributed by atoms with van der Waals surface area (Å²) in [5, 5.41) is 2.92. The molecule has 4 rings (SSSR count). The van der Waals surface area contributed by atoms with Crippen molar-refractivity contribution in [3.63, 3.8) is 0 Å². The molecule has 0 saturated carbocycles. The van der Waals surface area contributed by atoms with Gasteiger partial charge in [-0.15, -0.1) is 11.3 Å². The molecule has 146 valence electrons. The normalized spacial score (nSPS) is 20.9. The molecule has 1 aliphatic rings. The van der Waals surface area contributed by atoms with Gasteiger partial charge in [0.05, 0.1) is 10.6 Å². The van der Waals surface area contributed by atoms with E-state index in [0.717, 1.165) is 28.2 Å². The highest BCUT2D eigenvalue weighted by Crippen LogP contribution is 2.31. The molecule has 2 aromatic carbocycles. The van der Waals surface area contributed by atoms with Crippen LogP contribution >= 0.6 is 11.3 Å². The quantitative estimate of drug-likeness (QED) is 0.596. The van der Waals surface area contributed by atoms with Crippen molar-refractivity contribution < 1.29 is 8.42 Å². The zero-order valence-electron chi connectivity index (χ0n) is 16.1. The number of benzene rings is 2. The van der Waals surface area contributed by atoms with Gasteiger partial charge >= 0.3 is 0 Å². The molecule has 0 bridgehead atoms. The molecule has 4 nitrogen and oxygen atoms in total. The van der Waals surface area contributed by atoms with Crippen LogP contribution in [0.2, 0.25) is 0 Å². The summed E-state index contributed by atoms with van der Waals surface area (Å²) in [6.07, 6.45) is 1.08. The van der Waals surface area contributed by atoms with Gasteiger partial charge in [0.2, 0.25) is 10.0 Å². The van der Waals surface area contributed by atoms with Gasteiger partial charge in [0.1, 0.15) is 5.01 Å². The largest absolute Gasteiger partial charge is 0.243 e. The Labute approximate surface area is 170 Å². The Morgan fingerprint density at radius 1 is 0.964 bits per heavy atom. The molecule has 1 fully saturated rings. The Hall–Kier alpha value is -2.02. The van der Waals surface area contributed by atoms with Crippen LogP contribution in [0, 0.1) is 11.8 Å². The summed E-state index contributed by atoms with van der Waals surface area (Å²) in [4.78, 5) is 5.07. The third-order valence-electron chi connectivity index (χ3n) is 5.13. The second-order valence-corrected chi connectivity index (χ2v) is 10.5. The number of sulfonamides is 1. The highest BCUT2D eigenvalue weighted by Gasteiger charge is 2.31. The van der Waals surface area contributed by atoms with Crippen LogP contribution < -0.4 is 0 Å². The molecular formula is C22H24N2O2S2. The zero-order valence-corrected chi connectivity index (χ0v) is 17.7. The summed E-state index contributed by atoms with van der Waals surface area (Å²) >= 11 is 1.57. The van der Waals surface area contributed by atoms with Gasteiger partial charge in [-0.2, -0.15) is 4.31 Å². The first-order chi connectivity index (χ1) is 13.4. The molecule has 3 aromatic rings. The van der Waals surface area contributed by atoms with E-state index in [1.165, 1.54) is 0 Å². The van der Waals surface area contributed by atoms with E-state index in [0.29, 0.717) is 29.8 Å². The monoisotopic (exact) mass is 412 g/mol. The van der Waals surface area contributed by atoms with E-state index in [1.807, 2.05) is 41.8 Å². The van der Waals surface area contributed by atoms with Gasteiger partial charge < -0.3 is 0 Å². The molecule has 2 atom stereocenters. The fourth-order valence-corrected chi connectivity index (χ4v) is 6.45. The molecule has 0 N–H and O–H groups in total. The van der Waals surface area contributed by atoms with Crippen LogP contribution in [-0.2, 0) is 10.0 Å². The Bertz CT molecular complexity index is 1050. The maximum atomic E-state index is 13.2. The number of piperidine rings is 1. The van der Waals surface area contributed by atoms with Crippen LogP contribution in [0.15, 0.2) is 64.9 Å². The lowest BCUT2D eigenvalue weighted by Gasteiger charge is -2.34. The number of aromatic nitrogens is 1. The van der Waals surface area contributed by atoms with E-state index >= 15 is 0 Å². The van der Waals surface area contributed by atoms with Gasteiger partial charge in [-0.05, 0) is 30.4 Å². The highest BCUT2D eigenvalue weighted by molar-refractivity contribution is 7.89. The average molecular weight is 413 g/mol. The van der Waals surface area contributed by atoms with E-state index in [9.17, 15) is 8.42 Å². The second-order valence-electron chi connectivity index (χ2n) is 7.70. The Kier molecular flexibility index (Phi) is 5.36. The second kappa shape index (κ2) is 7.78. The first-order valence-electron chi connectivity index (χ1n) is 9.55. The van der Waals surface area contributed by atoms with Crippen molar-refractivity contribution in [3.8, 4) is 21.8 Å². The maximum Gasteiger partial charge on any atom is 0.243 e. The maximum absolute atomic E-state index is 13.2. The first kappa shape index (κ1) is 19.3. The summed E-state index contributed by atoms with van der Waals surface area (Å²) in [6.45, 7) is 5.42. The fraction of sp³-hybridized carbons (Fsp3) is 0.318. The molecule has 1 aromatic heterocycles. The van der Waals surface area contributed by atoms with Crippen LogP contribution in [0.3, 0.4) is 0 Å². The van der Waals surface area contributed by atoms with Gasteiger partial charge in [0.15, 0.2) is 0 Å². The molecule has 2 unspecified atom stereocenters. The van der Waals surface area contributed by atoms with Crippen molar-refractivity contribution in [2.75, 3.05) is 13.1 Å². The number of thiazole rings is 1. The van der Waals surface area contributed by atoms with Crippen molar-refractivity contribution in [1.82, 2.24) is 9.29 Å². The molecule has 2 heterocycles. The highest BCUT2D eigenvalue weighted by atomic mass is 32.2. The van der Waals surface area contributed by atoms with Crippen molar-refractivity contribution >= 4 is 21.4 Å². The third-order valence-corrected chi connectivity index (χ3v) is 7.85. The minimum Gasteiger partial charge on any atom is -0.236 e. The van der Waals surface area contributed by atoms with Crippen molar-refractivity contribution in [1.29, 1.82) is 0 Å². The molecule has 1 aliphatic heterocycles. The summed E-state index contributed by atoms with van der Waals surface area (Å²) in [5.41, 5.74) is 2.71. The summed E-state index contributed by atoms with van der Waals surface area (Å²) in [7, 11) is -3.49. The molecule has 0 radical (unpaired) electrons. The van der Waals surface area contributed by atoms with Crippen LogP contribution in [0.25, 0.3) is 21.8 Å². The van der Waals surface area contributed by atoms with Crippen LogP contribution in [0.4, 0.5) is 0 Å². The van der Waals surface area contributed by atoms with E-state index in [2.05, 4.69) is 13.8 Å². The molecule has 28 heavy (non-hydrogen) atoms. The first-order valence-corrected chi connectivity index (χ1v) is 11.9. The van der Waals surface area contributed by atoms with Gasteiger partial charge in [0, 0.05) is 29.6 Å². The Morgan fingerprint density at radius 2 is 1.64 bits per heavy atom. The van der Waals surface area contributed by atoms with E-state index in [-0.39, 0.29) is 0 Å². The molecule has 0 amide bonds. The third kappa shape index (κ3) is 3.90. The van der Waals surface area contributed by atoms with Crippen molar-refractivity contribution in [3.05, 3.63) is 60.0 Å². The lowest BCUT2D eigenvalue weighted by Crippen LogP contribution is -2.42. The zero-order chi connectivity index (χ0) is 19.7. The Morgan fingerprint density at radius 3 is 2.36 bits per heavy atom. The Balaban J connectivity index is 1.64. The van der Waals surface area contributed by atoms with Gasteiger partial charge in [0.25, 0.3) is 0 Å². The van der Waals surface area contributed by atoms with Crippen LogP contribution in [-0.4, -0.2) is 30.8 Å².